The van der Waals surface area contributed by atoms with Crippen molar-refractivity contribution in [1.82, 2.24) is 0 Å². The van der Waals surface area contributed by atoms with Gasteiger partial charge in [-0.15, -0.1) is 0 Å². The minimum atomic E-state index is -1.02. The molecule has 0 unspecified atom stereocenters. The van der Waals surface area contributed by atoms with Crippen molar-refractivity contribution in [2.45, 2.75) is 18.8 Å². The Bertz CT molecular complexity index is 1300. The number of Topliss-reactive ketones (excluding diaryl/α,β-unsaturated/α-hetero) is 2. The van der Waals surface area contributed by atoms with Crippen LogP contribution >= 0.6 is 0 Å². The summed E-state index contributed by atoms with van der Waals surface area (Å²) in [6.45, 7) is 0.297. The third-order valence-corrected chi connectivity index (χ3v) is 7.53. The lowest BCUT2D eigenvalue weighted by molar-refractivity contribution is 0.0597. The summed E-state index contributed by atoms with van der Waals surface area (Å²) >= 11 is 0. The van der Waals surface area contributed by atoms with Gasteiger partial charge in [0.25, 0.3) is 0 Å². The van der Waals surface area contributed by atoms with Crippen molar-refractivity contribution < 1.29 is 24.0 Å². The van der Waals surface area contributed by atoms with Crippen LogP contribution in [0.25, 0.3) is 0 Å². The van der Waals surface area contributed by atoms with Crippen LogP contribution in [0.2, 0.25) is 6.32 Å². The zero-order valence-electron chi connectivity index (χ0n) is 19.2. The number of fused-ring (bicyclic) bond motifs is 4. The molecule has 6 heteroatoms. The Morgan fingerprint density at radius 2 is 1.46 bits per heavy atom. The van der Waals surface area contributed by atoms with Gasteiger partial charge in [0.15, 0.2) is 11.6 Å². The highest BCUT2D eigenvalue weighted by Crippen LogP contribution is 2.53. The highest BCUT2D eigenvalue weighted by atomic mass is 16.5. The van der Waals surface area contributed by atoms with Crippen LogP contribution in [-0.4, -0.2) is 30.3 Å². The molecule has 0 saturated carbocycles. The van der Waals surface area contributed by atoms with Crippen molar-refractivity contribution in [3.05, 3.63) is 113 Å². The largest absolute Gasteiger partial charge is 0.489 e. The van der Waals surface area contributed by atoms with E-state index in [4.69, 9.17) is 9.39 Å². The maximum atomic E-state index is 13.8. The average Bonchev–Trinajstić information content (AvgIpc) is 2.90. The number of ketones is 2. The summed E-state index contributed by atoms with van der Waals surface area (Å²) in [5.74, 6) is -0.569. The first-order valence-corrected chi connectivity index (χ1v) is 12.1. The Hall–Kier alpha value is -3.48. The Morgan fingerprint density at radius 1 is 0.829 bits per heavy atom. The van der Waals surface area contributed by atoms with E-state index in [1.54, 1.807) is 24.3 Å². The highest BCUT2D eigenvalue weighted by molar-refractivity contribution is 6.43. The normalized spacial score (nSPS) is 25.6. The SMILES string of the molecule is O=C1c2ccccc2C(=O)[C@@H]2CC(COc3ccccc3)=C3[C@@H](c4ccccc4)OB(O)C[C@@H]3[C@H]12. The molecule has 1 fully saturated rings. The predicted molar refractivity (Wildman–Crippen MR) is 132 cm³/mol. The maximum absolute atomic E-state index is 13.8. The van der Waals surface area contributed by atoms with E-state index < -0.39 is 25.1 Å². The molecule has 1 saturated heterocycles. The lowest BCUT2D eigenvalue weighted by Gasteiger charge is -2.47. The monoisotopic (exact) mass is 464 g/mol. The van der Waals surface area contributed by atoms with E-state index in [1.165, 1.54) is 0 Å². The first kappa shape index (κ1) is 22.0. The fourth-order valence-electron chi connectivity index (χ4n) is 6.03. The van der Waals surface area contributed by atoms with Crippen LogP contribution in [-0.2, 0) is 4.65 Å². The first-order chi connectivity index (χ1) is 17.1. The Morgan fingerprint density at radius 3 is 2.17 bits per heavy atom. The molecule has 0 radical (unpaired) electrons. The van der Waals surface area contributed by atoms with Crippen molar-refractivity contribution >= 4 is 18.7 Å². The summed E-state index contributed by atoms with van der Waals surface area (Å²) in [5, 5.41) is 10.7. The van der Waals surface area contributed by atoms with Crippen molar-refractivity contribution in [2.75, 3.05) is 6.61 Å². The average molecular weight is 464 g/mol. The molecule has 3 aromatic carbocycles. The zero-order chi connectivity index (χ0) is 23.9. The van der Waals surface area contributed by atoms with Gasteiger partial charge in [-0.25, -0.2) is 0 Å². The molecule has 174 valence electrons. The fraction of sp³-hybridized carbons (Fsp3) is 0.241. The molecule has 6 rings (SSSR count). The number of rotatable bonds is 4. The van der Waals surface area contributed by atoms with Gasteiger partial charge in [0.1, 0.15) is 12.4 Å². The van der Waals surface area contributed by atoms with Gasteiger partial charge in [0.2, 0.25) is 0 Å². The molecule has 1 heterocycles. The van der Waals surface area contributed by atoms with Gasteiger partial charge in [-0.05, 0) is 47.5 Å². The maximum Gasteiger partial charge on any atom is 0.455 e. The van der Waals surface area contributed by atoms with Crippen LogP contribution in [0.5, 0.6) is 5.75 Å². The summed E-state index contributed by atoms with van der Waals surface area (Å²) in [7, 11) is -1.02. The Balaban J connectivity index is 1.47. The molecule has 35 heavy (non-hydrogen) atoms. The quantitative estimate of drug-likeness (QED) is 0.437. The van der Waals surface area contributed by atoms with Crippen LogP contribution in [0, 0.1) is 17.8 Å². The topological polar surface area (TPSA) is 72.8 Å². The van der Waals surface area contributed by atoms with E-state index in [2.05, 4.69) is 0 Å². The van der Waals surface area contributed by atoms with Crippen molar-refractivity contribution in [1.29, 1.82) is 0 Å². The Labute approximate surface area is 204 Å². The molecule has 4 atom stereocenters. The van der Waals surface area contributed by atoms with Gasteiger partial charge in [-0.3, -0.25) is 9.59 Å². The molecule has 0 amide bonds. The van der Waals surface area contributed by atoms with Crippen LogP contribution in [0.4, 0.5) is 0 Å². The van der Waals surface area contributed by atoms with Gasteiger partial charge in [-0.1, -0.05) is 72.8 Å². The predicted octanol–water partition coefficient (Wildman–Crippen LogP) is 4.95. The minimum Gasteiger partial charge on any atom is -0.489 e. The number of carbonyl (C=O) groups is 2. The number of benzene rings is 3. The third-order valence-electron chi connectivity index (χ3n) is 7.53. The summed E-state index contributed by atoms with van der Waals surface area (Å²) in [6.07, 6.45) is 0.210. The lowest BCUT2D eigenvalue weighted by Crippen LogP contribution is -2.49. The van der Waals surface area contributed by atoms with E-state index in [-0.39, 0.29) is 23.8 Å². The molecule has 3 aliphatic rings. The van der Waals surface area contributed by atoms with Crippen LogP contribution in [0.3, 0.4) is 0 Å². The van der Waals surface area contributed by atoms with Crippen LogP contribution in [0.1, 0.15) is 38.8 Å². The van der Waals surface area contributed by atoms with Crippen molar-refractivity contribution in [3.63, 3.8) is 0 Å². The molecular formula is C29H25BO5. The molecule has 5 nitrogen and oxygen atoms in total. The standard InChI is InChI=1S/C29H25BO5/c31-27-21-13-7-8-14-22(21)28(32)26-23(27)15-19(17-34-20-11-5-2-6-12-20)25-24(26)16-30(33)35-29(25)18-9-3-1-4-10-18/h1-14,23-24,26,29,33H,15-17H2/t23-,24+,26-,29-/m1/s1. The molecule has 0 spiro atoms. The number of hydrogen-bond donors (Lipinski definition) is 1. The molecule has 0 bridgehead atoms. The van der Waals surface area contributed by atoms with Gasteiger partial charge in [0, 0.05) is 23.0 Å². The first-order valence-electron chi connectivity index (χ1n) is 12.1. The summed E-state index contributed by atoms with van der Waals surface area (Å²) in [6, 6.07) is 26.4. The van der Waals surface area contributed by atoms with Gasteiger partial charge in [-0.2, -0.15) is 0 Å². The molecule has 2 aliphatic carbocycles. The van der Waals surface area contributed by atoms with Gasteiger partial charge >= 0.3 is 7.12 Å². The second-order valence-electron chi connectivity index (χ2n) is 9.49. The second-order valence-corrected chi connectivity index (χ2v) is 9.49. The number of hydrogen-bond acceptors (Lipinski definition) is 5. The highest BCUT2D eigenvalue weighted by Gasteiger charge is 2.53. The van der Waals surface area contributed by atoms with E-state index in [0.717, 1.165) is 22.5 Å². The molecule has 0 aromatic heterocycles. The van der Waals surface area contributed by atoms with E-state index in [0.29, 0.717) is 24.2 Å². The number of para-hydroxylation sites is 1. The van der Waals surface area contributed by atoms with E-state index >= 15 is 0 Å². The Kier molecular flexibility index (Phi) is 5.63. The van der Waals surface area contributed by atoms with Gasteiger partial charge < -0.3 is 14.4 Å². The fourth-order valence-corrected chi connectivity index (χ4v) is 6.03. The summed E-state index contributed by atoms with van der Waals surface area (Å²) < 4.78 is 12.2. The van der Waals surface area contributed by atoms with Crippen LogP contribution < -0.4 is 4.74 Å². The molecule has 1 aliphatic heterocycles. The van der Waals surface area contributed by atoms with Gasteiger partial charge in [0.05, 0.1) is 6.10 Å². The molecular weight excluding hydrogens is 439 g/mol. The van der Waals surface area contributed by atoms with Crippen LogP contribution in [0.15, 0.2) is 96.1 Å². The van der Waals surface area contributed by atoms with E-state index in [9.17, 15) is 14.6 Å². The zero-order valence-corrected chi connectivity index (χ0v) is 19.2. The van der Waals surface area contributed by atoms with Crippen molar-refractivity contribution in [2.24, 2.45) is 17.8 Å². The van der Waals surface area contributed by atoms with E-state index in [1.807, 2.05) is 60.7 Å². The minimum absolute atomic E-state index is 0.00120. The summed E-state index contributed by atoms with van der Waals surface area (Å²) in [5.41, 5.74) is 3.84. The lowest BCUT2D eigenvalue weighted by atomic mass is 9.54. The smallest absolute Gasteiger partial charge is 0.455 e. The number of ether oxygens (including phenoxy) is 1. The number of carbonyl (C=O) groups excluding carboxylic acids is 2. The molecule has 3 aromatic rings. The second kappa shape index (κ2) is 8.95. The molecule has 1 N–H and O–H groups in total. The third kappa shape index (κ3) is 3.83. The summed E-state index contributed by atoms with van der Waals surface area (Å²) in [4.78, 5) is 27.4. The van der Waals surface area contributed by atoms with Crippen molar-refractivity contribution in [3.8, 4) is 5.75 Å².